The fourth-order valence-electron chi connectivity index (χ4n) is 0.868. The highest BCUT2D eigenvalue weighted by molar-refractivity contribution is 5.22. The Bertz CT molecular complexity index is 225. The molecule has 0 radical (unpaired) electrons. The number of pyridine rings is 1. The van der Waals surface area contributed by atoms with Gasteiger partial charge in [0, 0.05) is 24.4 Å². The number of methoxy groups -OCH3 is 1. The van der Waals surface area contributed by atoms with Crippen LogP contribution in [0.25, 0.3) is 0 Å². The molecule has 0 fully saturated rings. The topological polar surface area (TPSA) is 48.1 Å². The summed E-state index contributed by atoms with van der Waals surface area (Å²) in [6.07, 6.45) is 2.53. The minimum Gasteiger partial charge on any atom is -0.497 e. The zero-order valence-electron chi connectivity index (χ0n) is 6.58. The lowest BCUT2D eigenvalue weighted by Crippen LogP contribution is -2.04. The Balaban J connectivity index is 2.74. The second-order valence-corrected chi connectivity index (χ2v) is 2.23. The number of aromatic nitrogens is 1. The van der Waals surface area contributed by atoms with Crippen molar-refractivity contribution < 1.29 is 4.74 Å². The van der Waals surface area contributed by atoms with Gasteiger partial charge in [-0.3, -0.25) is 4.98 Å². The average Bonchev–Trinajstić information content (AvgIpc) is 2.06. The van der Waals surface area contributed by atoms with Gasteiger partial charge in [0.2, 0.25) is 0 Å². The Morgan fingerprint density at radius 1 is 1.64 bits per heavy atom. The third-order valence-electron chi connectivity index (χ3n) is 1.42. The van der Waals surface area contributed by atoms with Crippen molar-refractivity contribution in [3.8, 4) is 5.75 Å². The molecule has 1 aromatic heterocycles. The molecule has 0 aliphatic heterocycles. The first kappa shape index (κ1) is 8.01. The van der Waals surface area contributed by atoms with Crippen LogP contribution >= 0.6 is 0 Å². The zero-order valence-corrected chi connectivity index (χ0v) is 6.58. The van der Waals surface area contributed by atoms with Crippen LogP contribution < -0.4 is 10.5 Å². The molecule has 3 heteroatoms. The van der Waals surface area contributed by atoms with E-state index in [1.807, 2.05) is 12.1 Å². The summed E-state index contributed by atoms with van der Waals surface area (Å²) in [6.45, 7) is 0.625. The van der Waals surface area contributed by atoms with Gasteiger partial charge in [-0.05, 0) is 12.6 Å². The smallest absolute Gasteiger partial charge is 0.122 e. The van der Waals surface area contributed by atoms with E-state index in [1.54, 1.807) is 13.3 Å². The summed E-state index contributed by atoms with van der Waals surface area (Å²) >= 11 is 0. The van der Waals surface area contributed by atoms with Gasteiger partial charge in [-0.15, -0.1) is 0 Å². The summed E-state index contributed by atoms with van der Waals surface area (Å²) in [6, 6.07) is 3.72. The minimum absolute atomic E-state index is 0.625. The molecular formula is C8H12N2O. The third kappa shape index (κ3) is 2.20. The summed E-state index contributed by atoms with van der Waals surface area (Å²) in [5, 5.41) is 0. The van der Waals surface area contributed by atoms with Gasteiger partial charge in [0.05, 0.1) is 7.11 Å². The van der Waals surface area contributed by atoms with E-state index >= 15 is 0 Å². The van der Waals surface area contributed by atoms with Crippen molar-refractivity contribution in [1.82, 2.24) is 4.98 Å². The predicted octanol–water partition coefficient (Wildman–Crippen LogP) is 0.591. The molecule has 60 valence electrons. The Labute approximate surface area is 66.2 Å². The number of nitrogens with two attached hydrogens (primary N) is 1. The van der Waals surface area contributed by atoms with Gasteiger partial charge in [-0.25, -0.2) is 0 Å². The van der Waals surface area contributed by atoms with Crippen molar-refractivity contribution in [2.75, 3.05) is 13.7 Å². The highest BCUT2D eigenvalue weighted by Gasteiger charge is 1.94. The molecule has 2 N–H and O–H groups in total. The SMILES string of the molecule is COc1ccnc(CCN)c1. The molecule has 0 amide bonds. The highest BCUT2D eigenvalue weighted by atomic mass is 16.5. The molecule has 0 aliphatic carbocycles. The van der Waals surface area contributed by atoms with Crippen molar-refractivity contribution in [3.63, 3.8) is 0 Å². The Hall–Kier alpha value is -1.09. The summed E-state index contributed by atoms with van der Waals surface area (Å²) in [7, 11) is 1.64. The number of nitrogens with zero attached hydrogens (tertiary/aromatic N) is 1. The Kier molecular flexibility index (Phi) is 2.86. The van der Waals surface area contributed by atoms with Crippen LogP contribution in [0.1, 0.15) is 5.69 Å². The van der Waals surface area contributed by atoms with Gasteiger partial charge in [0.1, 0.15) is 5.75 Å². The van der Waals surface area contributed by atoms with Gasteiger partial charge in [-0.2, -0.15) is 0 Å². The average molecular weight is 152 g/mol. The molecule has 0 saturated carbocycles. The molecule has 0 aromatic carbocycles. The second kappa shape index (κ2) is 3.93. The van der Waals surface area contributed by atoms with Crippen molar-refractivity contribution >= 4 is 0 Å². The maximum atomic E-state index is 5.37. The lowest BCUT2D eigenvalue weighted by atomic mass is 10.2. The number of hydrogen-bond acceptors (Lipinski definition) is 3. The molecule has 1 rings (SSSR count). The highest BCUT2D eigenvalue weighted by Crippen LogP contribution is 2.09. The molecule has 1 heterocycles. The van der Waals surface area contributed by atoms with E-state index in [9.17, 15) is 0 Å². The van der Waals surface area contributed by atoms with Gasteiger partial charge in [0.25, 0.3) is 0 Å². The number of hydrogen-bond donors (Lipinski definition) is 1. The zero-order chi connectivity index (χ0) is 8.10. The standard InChI is InChI=1S/C8H12N2O/c1-11-8-3-5-10-7(6-8)2-4-9/h3,5-6H,2,4,9H2,1H3. The summed E-state index contributed by atoms with van der Waals surface area (Å²) in [5.74, 6) is 0.837. The predicted molar refractivity (Wildman–Crippen MR) is 43.5 cm³/mol. The number of ether oxygens (including phenoxy) is 1. The third-order valence-corrected chi connectivity index (χ3v) is 1.42. The van der Waals surface area contributed by atoms with Crippen LogP contribution in [0.4, 0.5) is 0 Å². The van der Waals surface area contributed by atoms with E-state index in [-0.39, 0.29) is 0 Å². The van der Waals surface area contributed by atoms with Crippen LogP contribution in [-0.2, 0) is 6.42 Å². The van der Waals surface area contributed by atoms with Crippen LogP contribution in [0.5, 0.6) is 5.75 Å². The first-order valence-electron chi connectivity index (χ1n) is 3.56. The van der Waals surface area contributed by atoms with Crippen LogP contribution in [-0.4, -0.2) is 18.6 Å². The lowest BCUT2D eigenvalue weighted by Gasteiger charge is -2.00. The second-order valence-electron chi connectivity index (χ2n) is 2.23. The van der Waals surface area contributed by atoms with Crippen molar-refractivity contribution in [1.29, 1.82) is 0 Å². The van der Waals surface area contributed by atoms with Gasteiger partial charge >= 0.3 is 0 Å². The fraction of sp³-hybridized carbons (Fsp3) is 0.375. The van der Waals surface area contributed by atoms with Crippen LogP contribution in [0.3, 0.4) is 0 Å². The first-order chi connectivity index (χ1) is 5.36. The Morgan fingerprint density at radius 3 is 3.09 bits per heavy atom. The molecule has 0 spiro atoms. The van der Waals surface area contributed by atoms with E-state index < -0.39 is 0 Å². The van der Waals surface area contributed by atoms with E-state index in [1.165, 1.54) is 0 Å². The van der Waals surface area contributed by atoms with Crippen molar-refractivity contribution in [2.45, 2.75) is 6.42 Å². The monoisotopic (exact) mass is 152 g/mol. The van der Waals surface area contributed by atoms with E-state index in [0.717, 1.165) is 17.9 Å². The summed E-state index contributed by atoms with van der Waals surface area (Å²) in [4.78, 5) is 4.12. The van der Waals surface area contributed by atoms with Gasteiger partial charge < -0.3 is 10.5 Å². The van der Waals surface area contributed by atoms with E-state index in [0.29, 0.717) is 6.54 Å². The van der Waals surface area contributed by atoms with E-state index in [4.69, 9.17) is 10.5 Å². The molecule has 0 atom stereocenters. The van der Waals surface area contributed by atoms with Crippen molar-refractivity contribution in [2.24, 2.45) is 5.73 Å². The molecule has 1 aromatic rings. The Morgan fingerprint density at radius 2 is 2.45 bits per heavy atom. The van der Waals surface area contributed by atoms with Crippen LogP contribution in [0, 0.1) is 0 Å². The maximum Gasteiger partial charge on any atom is 0.122 e. The van der Waals surface area contributed by atoms with Crippen LogP contribution in [0.2, 0.25) is 0 Å². The van der Waals surface area contributed by atoms with Gasteiger partial charge in [-0.1, -0.05) is 0 Å². The largest absolute Gasteiger partial charge is 0.497 e. The maximum absolute atomic E-state index is 5.37. The molecule has 0 bridgehead atoms. The molecular weight excluding hydrogens is 140 g/mol. The lowest BCUT2D eigenvalue weighted by molar-refractivity contribution is 0.413. The summed E-state index contributed by atoms with van der Waals surface area (Å²) < 4.78 is 5.02. The quantitative estimate of drug-likeness (QED) is 0.689. The first-order valence-corrected chi connectivity index (χ1v) is 3.56. The normalized spacial score (nSPS) is 9.64. The van der Waals surface area contributed by atoms with E-state index in [2.05, 4.69) is 4.98 Å². The van der Waals surface area contributed by atoms with Crippen molar-refractivity contribution in [3.05, 3.63) is 24.0 Å². The molecule has 0 unspecified atom stereocenters. The molecule has 3 nitrogen and oxygen atoms in total. The minimum atomic E-state index is 0.625. The summed E-state index contributed by atoms with van der Waals surface area (Å²) in [5.41, 5.74) is 6.35. The molecule has 0 saturated heterocycles. The number of rotatable bonds is 3. The van der Waals surface area contributed by atoms with Gasteiger partial charge in [0.15, 0.2) is 0 Å². The molecule has 11 heavy (non-hydrogen) atoms. The fourth-order valence-corrected chi connectivity index (χ4v) is 0.868. The molecule has 0 aliphatic rings. The van der Waals surface area contributed by atoms with Crippen LogP contribution in [0.15, 0.2) is 18.3 Å².